The van der Waals surface area contributed by atoms with Gasteiger partial charge in [0.1, 0.15) is 0 Å². The molecular formula is C7H13Al. The molecule has 1 heteroatoms. The van der Waals surface area contributed by atoms with Crippen LogP contribution < -0.4 is 0 Å². The fourth-order valence-corrected chi connectivity index (χ4v) is 3.83. The topological polar surface area (TPSA) is 0 Å². The Morgan fingerprint density at radius 2 is 2.00 bits per heavy atom. The Bertz CT molecular complexity index is 98.6. The summed E-state index contributed by atoms with van der Waals surface area (Å²) in [5.74, 6) is 2.38. The summed E-state index contributed by atoms with van der Waals surface area (Å²) in [4.78, 5) is 0. The van der Waals surface area contributed by atoms with E-state index in [9.17, 15) is 0 Å². The smallest absolute Gasteiger partial charge is 0.0872 e. The first kappa shape index (κ1) is 5.33. The van der Waals surface area contributed by atoms with Crippen LogP contribution in [0.4, 0.5) is 0 Å². The average Bonchev–Trinajstić information content (AvgIpc) is 2.23. The molecule has 2 aliphatic carbocycles. The zero-order valence-corrected chi connectivity index (χ0v) is 7.56. The van der Waals surface area contributed by atoms with E-state index in [0.717, 1.165) is 0 Å². The molecular weight excluding hydrogens is 111 g/mol. The highest BCUT2D eigenvalue weighted by molar-refractivity contribution is 6.12. The molecule has 2 fully saturated rings. The summed E-state index contributed by atoms with van der Waals surface area (Å²) in [6, 6.07) is 0. The van der Waals surface area contributed by atoms with E-state index in [2.05, 4.69) is 0 Å². The molecule has 2 saturated carbocycles. The fraction of sp³-hybridized carbons (Fsp3) is 1.00. The zero-order valence-electron chi connectivity index (χ0n) is 5.56. The monoisotopic (exact) mass is 124 g/mol. The van der Waals surface area contributed by atoms with Gasteiger partial charge in [0.25, 0.3) is 0 Å². The van der Waals surface area contributed by atoms with Gasteiger partial charge in [-0.1, -0.05) is 30.0 Å². The summed E-state index contributed by atoms with van der Waals surface area (Å²) in [5, 5.41) is 0. The maximum Gasteiger partial charge on any atom is 0.216 e. The molecule has 0 aromatic rings. The van der Waals surface area contributed by atoms with Gasteiger partial charge in [-0.05, 0) is 12.3 Å². The molecule has 0 amide bonds. The van der Waals surface area contributed by atoms with Crippen LogP contribution in [0.3, 0.4) is 0 Å². The van der Waals surface area contributed by atoms with Crippen molar-refractivity contribution in [2.45, 2.75) is 30.5 Å². The van der Waals surface area contributed by atoms with Gasteiger partial charge in [0.15, 0.2) is 0 Å². The normalized spacial score (nSPS) is 52.8. The van der Waals surface area contributed by atoms with Crippen molar-refractivity contribution in [1.29, 1.82) is 0 Å². The molecule has 0 aromatic carbocycles. The van der Waals surface area contributed by atoms with Crippen LogP contribution in [0.5, 0.6) is 0 Å². The molecule has 2 bridgehead atoms. The first-order chi connectivity index (χ1) is 3.86. The van der Waals surface area contributed by atoms with Crippen molar-refractivity contribution in [2.75, 3.05) is 0 Å². The van der Waals surface area contributed by atoms with Crippen molar-refractivity contribution < 1.29 is 0 Å². The van der Waals surface area contributed by atoms with Gasteiger partial charge in [0, 0.05) is 0 Å². The molecule has 0 saturated heterocycles. The largest absolute Gasteiger partial charge is 0.216 e. The molecule has 0 radical (unpaired) electrons. The molecule has 0 nitrogen and oxygen atoms in total. The van der Waals surface area contributed by atoms with Crippen molar-refractivity contribution in [3.05, 3.63) is 0 Å². The van der Waals surface area contributed by atoms with Gasteiger partial charge in [0.2, 0.25) is 16.3 Å². The lowest BCUT2D eigenvalue weighted by Crippen LogP contribution is -2.02. The van der Waals surface area contributed by atoms with Gasteiger partial charge in [0.05, 0.1) is 0 Å². The minimum Gasteiger partial charge on any atom is -0.0872 e. The molecule has 2 rings (SSSR count). The predicted molar refractivity (Wildman–Crippen MR) is 37.7 cm³/mol. The van der Waals surface area contributed by atoms with Crippen LogP contribution in [0.1, 0.15) is 25.7 Å². The van der Waals surface area contributed by atoms with Crippen LogP contribution in [-0.4, -0.2) is 16.3 Å². The number of hydrogen-bond acceptors (Lipinski definition) is 0. The zero-order chi connectivity index (χ0) is 5.56. The molecule has 0 N–H and O–H groups in total. The third-order valence-corrected chi connectivity index (χ3v) is 4.51. The number of hydrogen-bond donors (Lipinski definition) is 0. The Morgan fingerprint density at radius 3 is 2.25 bits per heavy atom. The van der Waals surface area contributed by atoms with Gasteiger partial charge < -0.3 is 0 Å². The lowest BCUT2D eigenvalue weighted by Gasteiger charge is -2.15. The molecule has 0 heterocycles. The Labute approximate surface area is 59.1 Å². The highest BCUT2D eigenvalue weighted by Gasteiger charge is 2.36. The van der Waals surface area contributed by atoms with Crippen LogP contribution in [-0.2, 0) is 0 Å². The van der Waals surface area contributed by atoms with E-state index in [1.54, 1.807) is 25.7 Å². The number of fused-ring (bicyclic) bond motifs is 2. The third-order valence-electron chi connectivity index (χ3n) is 3.09. The van der Waals surface area contributed by atoms with Crippen LogP contribution >= 0.6 is 0 Å². The molecule has 0 aromatic heterocycles. The van der Waals surface area contributed by atoms with E-state index in [1.807, 2.05) is 0 Å². The molecule has 3 atom stereocenters. The van der Waals surface area contributed by atoms with Crippen molar-refractivity contribution in [1.82, 2.24) is 0 Å². The molecule has 0 aliphatic heterocycles. The van der Waals surface area contributed by atoms with Gasteiger partial charge in [-0.25, -0.2) is 0 Å². The summed E-state index contributed by atoms with van der Waals surface area (Å²) < 4.78 is 1.22. The van der Waals surface area contributed by atoms with Crippen LogP contribution in [0.25, 0.3) is 0 Å². The van der Waals surface area contributed by atoms with Crippen molar-refractivity contribution in [3.8, 4) is 0 Å². The minimum absolute atomic E-state index is 1.18. The maximum atomic E-state index is 1.61. The number of rotatable bonds is 0. The van der Waals surface area contributed by atoms with Gasteiger partial charge in [-0.2, -0.15) is 0 Å². The van der Waals surface area contributed by atoms with Gasteiger partial charge >= 0.3 is 0 Å². The van der Waals surface area contributed by atoms with Crippen molar-refractivity contribution in [3.63, 3.8) is 0 Å². The Balaban J connectivity index is 2.11. The summed E-state index contributed by atoms with van der Waals surface area (Å²) in [5.41, 5.74) is 0. The summed E-state index contributed by atoms with van der Waals surface area (Å²) in [6.07, 6.45) is 6.37. The minimum atomic E-state index is 1.18. The molecule has 0 spiro atoms. The molecule has 3 unspecified atom stereocenters. The van der Waals surface area contributed by atoms with Crippen LogP contribution in [0.15, 0.2) is 0 Å². The standard InChI is InChI=1S/C7H11.Al.2H/c1-2-7-4-3-6(1)5-7;;;/h1,6-7H,2-5H2;;;. The Hall–Kier alpha value is 0.532. The van der Waals surface area contributed by atoms with E-state index >= 15 is 0 Å². The fourth-order valence-electron chi connectivity index (χ4n) is 2.56. The van der Waals surface area contributed by atoms with Crippen molar-refractivity contribution >= 4 is 16.3 Å². The summed E-state index contributed by atoms with van der Waals surface area (Å²) >= 11 is 1.48. The maximum absolute atomic E-state index is 1.61. The summed E-state index contributed by atoms with van der Waals surface area (Å²) in [7, 11) is 0. The Kier molecular flexibility index (Phi) is 1.17. The van der Waals surface area contributed by atoms with E-state index in [1.165, 1.54) is 32.9 Å². The van der Waals surface area contributed by atoms with Crippen molar-refractivity contribution in [2.24, 2.45) is 11.8 Å². The van der Waals surface area contributed by atoms with Gasteiger partial charge in [-0.15, -0.1) is 0 Å². The van der Waals surface area contributed by atoms with E-state index < -0.39 is 0 Å². The van der Waals surface area contributed by atoms with E-state index in [4.69, 9.17) is 0 Å². The van der Waals surface area contributed by atoms with Crippen LogP contribution in [0, 0.1) is 11.8 Å². The quantitative estimate of drug-likeness (QED) is 0.426. The van der Waals surface area contributed by atoms with E-state index in [-0.39, 0.29) is 0 Å². The predicted octanol–water partition coefficient (Wildman–Crippen LogP) is 1.23. The van der Waals surface area contributed by atoms with Gasteiger partial charge in [-0.3, -0.25) is 0 Å². The average molecular weight is 124 g/mol. The molecule has 2 aliphatic rings. The second kappa shape index (κ2) is 1.76. The highest BCUT2D eigenvalue weighted by atomic mass is 27.0. The summed E-state index contributed by atoms with van der Waals surface area (Å²) in [6.45, 7) is 0. The SMILES string of the molecule is [AlH2][CH]1CC2CCC1C2. The lowest BCUT2D eigenvalue weighted by molar-refractivity contribution is 0.480. The van der Waals surface area contributed by atoms with E-state index in [0.29, 0.717) is 0 Å². The second-order valence-corrected chi connectivity index (χ2v) is 5.14. The Morgan fingerprint density at radius 1 is 1.12 bits per heavy atom. The first-order valence-electron chi connectivity index (χ1n) is 3.86. The van der Waals surface area contributed by atoms with Crippen LogP contribution in [0.2, 0.25) is 4.78 Å². The lowest BCUT2D eigenvalue weighted by atomic mass is 10.0. The second-order valence-electron chi connectivity index (χ2n) is 3.65. The molecule has 44 valence electrons. The highest BCUT2D eigenvalue weighted by Crippen LogP contribution is 2.49. The first-order valence-corrected chi connectivity index (χ1v) is 5.01. The molecule has 8 heavy (non-hydrogen) atoms. The third kappa shape index (κ3) is 0.650.